The molecule has 0 radical (unpaired) electrons. The van der Waals surface area contributed by atoms with E-state index in [-0.39, 0.29) is 23.6 Å². The molecule has 2 aromatic carbocycles. The minimum absolute atomic E-state index is 0.223. The fraction of sp³-hybridized carbons (Fsp3) is 0.455. The summed E-state index contributed by atoms with van der Waals surface area (Å²) in [5.74, 6) is -6.73. The molecule has 0 spiro atoms. The number of alkyl halides is 2. The molecule has 1 aliphatic carbocycles. The quantitative estimate of drug-likeness (QED) is 0.403. The van der Waals surface area contributed by atoms with Crippen molar-refractivity contribution in [2.24, 2.45) is 11.8 Å². The van der Waals surface area contributed by atoms with Crippen molar-refractivity contribution in [3.63, 3.8) is 0 Å². The van der Waals surface area contributed by atoms with Gasteiger partial charge in [0.1, 0.15) is 11.6 Å². The van der Waals surface area contributed by atoms with E-state index in [1.807, 2.05) is 0 Å². The summed E-state index contributed by atoms with van der Waals surface area (Å²) in [5, 5.41) is 0. The molecule has 0 amide bonds. The van der Waals surface area contributed by atoms with E-state index in [9.17, 15) is 26.3 Å². The summed E-state index contributed by atoms with van der Waals surface area (Å²) < 4.78 is 98.4. The SMILES string of the molecule is Fc1cc(C2OCC(C3CCCC3)CO2)ccc1C(F)(F)Oc1cc(F)c(F)c(F)c1. The molecule has 1 aliphatic heterocycles. The van der Waals surface area contributed by atoms with Crippen LogP contribution in [0, 0.1) is 35.1 Å². The van der Waals surface area contributed by atoms with Crippen LogP contribution in [0.1, 0.15) is 43.1 Å². The number of rotatable bonds is 5. The van der Waals surface area contributed by atoms with Gasteiger partial charge >= 0.3 is 6.11 Å². The third-order valence-corrected chi connectivity index (χ3v) is 5.77. The minimum atomic E-state index is -4.26. The fourth-order valence-corrected chi connectivity index (χ4v) is 4.12. The first-order valence-corrected chi connectivity index (χ1v) is 9.99. The average Bonchev–Trinajstić information content (AvgIpc) is 3.26. The number of ether oxygens (including phenoxy) is 3. The van der Waals surface area contributed by atoms with E-state index in [0.717, 1.165) is 25.0 Å². The van der Waals surface area contributed by atoms with E-state index >= 15 is 0 Å². The zero-order chi connectivity index (χ0) is 22.2. The van der Waals surface area contributed by atoms with Crippen LogP contribution in [0.4, 0.5) is 26.3 Å². The fourth-order valence-electron chi connectivity index (χ4n) is 4.12. The maximum absolute atomic E-state index is 14.5. The summed E-state index contributed by atoms with van der Waals surface area (Å²) in [5.41, 5.74) is -0.929. The second kappa shape index (κ2) is 8.70. The smallest absolute Gasteiger partial charge is 0.429 e. The Morgan fingerprint density at radius 2 is 1.42 bits per heavy atom. The number of hydrogen-bond acceptors (Lipinski definition) is 3. The van der Waals surface area contributed by atoms with Gasteiger partial charge in [0.2, 0.25) is 0 Å². The number of benzene rings is 2. The van der Waals surface area contributed by atoms with E-state index in [1.165, 1.54) is 18.9 Å². The number of hydrogen-bond donors (Lipinski definition) is 0. The van der Waals surface area contributed by atoms with Crippen LogP contribution in [-0.2, 0) is 15.6 Å². The highest BCUT2D eigenvalue weighted by Gasteiger charge is 2.39. The van der Waals surface area contributed by atoms with E-state index in [0.29, 0.717) is 19.1 Å². The van der Waals surface area contributed by atoms with E-state index < -0.39 is 47.0 Å². The number of halogens is 6. The molecule has 31 heavy (non-hydrogen) atoms. The highest BCUT2D eigenvalue weighted by Crippen LogP contribution is 2.38. The van der Waals surface area contributed by atoms with Crippen molar-refractivity contribution in [3.8, 4) is 5.75 Å². The first kappa shape index (κ1) is 22.0. The Morgan fingerprint density at radius 3 is 2.00 bits per heavy atom. The molecule has 2 aromatic rings. The van der Waals surface area contributed by atoms with Crippen molar-refractivity contribution in [1.29, 1.82) is 0 Å². The molecular formula is C22H20F6O3. The molecule has 0 aromatic heterocycles. The molecule has 0 unspecified atom stereocenters. The van der Waals surface area contributed by atoms with Crippen LogP contribution in [0.15, 0.2) is 30.3 Å². The molecule has 2 fully saturated rings. The van der Waals surface area contributed by atoms with Gasteiger partial charge in [-0.3, -0.25) is 0 Å². The molecule has 0 N–H and O–H groups in total. The lowest BCUT2D eigenvalue weighted by atomic mass is 9.91. The second-order valence-corrected chi connectivity index (χ2v) is 7.86. The third kappa shape index (κ3) is 4.67. The topological polar surface area (TPSA) is 27.7 Å². The van der Waals surface area contributed by atoms with Gasteiger partial charge in [0.25, 0.3) is 0 Å². The van der Waals surface area contributed by atoms with Crippen molar-refractivity contribution in [2.75, 3.05) is 13.2 Å². The Bertz CT molecular complexity index is 914. The van der Waals surface area contributed by atoms with Crippen LogP contribution in [0.3, 0.4) is 0 Å². The summed E-state index contributed by atoms with van der Waals surface area (Å²) in [7, 11) is 0. The molecular weight excluding hydrogens is 426 g/mol. The Kier molecular flexibility index (Phi) is 6.16. The van der Waals surface area contributed by atoms with Gasteiger partial charge in [0, 0.05) is 23.6 Å². The van der Waals surface area contributed by atoms with Crippen LogP contribution < -0.4 is 4.74 Å². The van der Waals surface area contributed by atoms with Gasteiger partial charge in [0.05, 0.1) is 18.8 Å². The Labute approximate surface area is 174 Å². The van der Waals surface area contributed by atoms with Crippen LogP contribution >= 0.6 is 0 Å². The molecule has 2 aliphatic rings. The van der Waals surface area contributed by atoms with Crippen molar-refractivity contribution in [3.05, 3.63) is 64.7 Å². The maximum Gasteiger partial charge on any atom is 0.429 e. The molecule has 0 atom stereocenters. The Balaban J connectivity index is 1.45. The van der Waals surface area contributed by atoms with E-state index in [4.69, 9.17) is 9.47 Å². The van der Waals surface area contributed by atoms with Gasteiger partial charge < -0.3 is 14.2 Å². The van der Waals surface area contributed by atoms with Crippen molar-refractivity contribution < 1.29 is 40.6 Å². The van der Waals surface area contributed by atoms with Gasteiger partial charge in [0.15, 0.2) is 23.7 Å². The van der Waals surface area contributed by atoms with Crippen molar-refractivity contribution in [2.45, 2.75) is 38.1 Å². The summed E-state index contributed by atoms with van der Waals surface area (Å²) in [4.78, 5) is 0. The molecule has 1 saturated carbocycles. The monoisotopic (exact) mass is 446 g/mol. The average molecular weight is 446 g/mol. The maximum atomic E-state index is 14.5. The first-order chi connectivity index (χ1) is 14.7. The van der Waals surface area contributed by atoms with E-state index in [1.54, 1.807) is 0 Å². The van der Waals surface area contributed by atoms with Crippen LogP contribution in [-0.4, -0.2) is 13.2 Å². The predicted octanol–water partition coefficient (Wildman–Crippen LogP) is 6.22. The lowest BCUT2D eigenvalue weighted by molar-refractivity contribution is -0.213. The first-order valence-electron chi connectivity index (χ1n) is 9.99. The third-order valence-electron chi connectivity index (χ3n) is 5.77. The van der Waals surface area contributed by atoms with Crippen molar-refractivity contribution >= 4 is 0 Å². The van der Waals surface area contributed by atoms with Crippen LogP contribution in [0.2, 0.25) is 0 Å². The van der Waals surface area contributed by atoms with Gasteiger partial charge in [-0.25, -0.2) is 17.6 Å². The summed E-state index contributed by atoms with van der Waals surface area (Å²) in [6, 6.07) is 3.35. The molecule has 4 rings (SSSR count). The summed E-state index contributed by atoms with van der Waals surface area (Å²) in [6.07, 6.45) is -0.516. The molecule has 9 heteroatoms. The molecule has 1 heterocycles. The molecule has 168 valence electrons. The standard InChI is InChI=1S/C22H20F6O3/c23-17-7-13(21-29-10-14(11-30-21)12-3-1-2-4-12)5-6-16(17)22(27,28)31-15-8-18(24)20(26)19(25)9-15/h5-9,12,14,21H,1-4,10-11H2. The zero-order valence-corrected chi connectivity index (χ0v) is 16.4. The zero-order valence-electron chi connectivity index (χ0n) is 16.4. The van der Waals surface area contributed by atoms with Gasteiger partial charge in [-0.1, -0.05) is 31.7 Å². The molecule has 3 nitrogen and oxygen atoms in total. The van der Waals surface area contributed by atoms with Gasteiger partial charge in [-0.15, -0.1) is 0 Å². The predicted molar refractivity (Wildman–Crippen MR) is 97.3 cm³/mol. The van der Waals surface area contributed by atoms with E-state index in [2.05, 4.69) is 4.74 Å². The second-order valence-electron chi connectivity index (χ2n) is 7.86. The Morgan fingerprint density at radius 1 is 0.806 bits per heavy atom. The highest BCUT2D eigenvalue weighted by atomic mass is 19.3. The Hall–Kier alpha value is -2.26. The van der Waals surface area contributed by atoms with Crippen LogP contribution in [0.25, 0.3) is 0 Å². The highest BCUT2D eigenvalue weighted by molar-refractivity contribution is 5.30. The van der Waals surface area contributed by atoms with Gasteiger partial charge in [-0.05, 0) is 18.1 Å². The summed E-state index contributed by atoms with van der Waals surface area (Å²) in [6.45, 7) is 0.888. The lowest BCUT2D eigenvalue weighted by Gasteiger charge is -2.33. The molecule has 1 saturated heterocycles. The molecule has 0 bridgehead atoms. The van der Waals surface area contributed by atoms with Gasteiger partial charge in [-0.2, -0.15) is 8.78 Å². The van der Waals surface area contributed by atoms with Crippen molar-refractivity contribution in [1.82, 2.24) is 0 Å². The lowest BCUT2D eigenvalue weighted by Crippen LogP contribution is -2.31. The summed E-state index contributed by atoms with van der Waals surface area (Å²) >= 11 is 0. The minimum Gasteiger partial charge on any atom is -0.429 e. The normalized spacial score (nSPS) is 22.6. The van der Waals surface area contributed by atoms with Crippen LogP contribution in [0.5, 0.6) is 5.75 Å². The largest absolute Gasteiger partial charge is 0.429 e.